The molecule has 174 valence electrons. The minimum Gasteiger partial charge on any atom is -0.462 e. The van der Waals surface area contributed by atoms with E-state index in [0.29, 0.717) is 6.42 Å². The molecule has 7 nitrogen and oxygen atoms in total. The zero-order valence-corrected chi connectivity index (χ0v) is 18.7. The lowest BCUT2D eigenvalue weighted by Crippen LogP contribution is -2.19. The average Bonchev–Trinajstić information content (AvgIpc) is 2.88. The number of carbonyl (C=O) groups excluding carboxylic acids is 4. The van der Waals surface area contributed by atoms with Crippen LogP contribution in [0, 0.1) is 0 Å². The predicted octanol–water partition coefficient (Wildman–Crippen LogP) is 5.00. The van der Waals surface area contributed by atoms with Gasteiger partial charge in [0.1, 0.15) is 6.61 Å². The van der Waals surface area contributed by atoms with Gasteiger partial charge in [0, 0.05) is 0 Å². The van der Waals surface area contributed by atoms with E-state index in [-0.39, 0.29) is 35.5 Å². The van der Waals surface area contributed by atoms with Crippen LogP contribution in [0.15, 0.2) is 78.9 Å². The molecule has 3 aromatic carbocycles. The van der Waals surface area contributed by atoms with E-state index in [2.05, 4.69) is 0 Å². The predicted molar refractivity (Wildman–Crippen MR) is 123 cm³/mol. The van der Waals surface area contributed by atoms with Crippen molar-refractivity contribution in [3.8, 4) is 0 Å². The Morgan fingerprint density at radius 1 is 0.588 bits per heavy atom. The van der Waals surface area contributed by atoms with Crippen LogP contribution in [0.2, 0.25) is 0 Å². The zero-order valence-electron chi connectivity index (χ0n) is 18.7. The van der Waals surface area contributed by atoms with E-state index >= 15 is 0 Å². The molecule has 0 unspecified atom stereocenters. The third-order valence-electron chi connectivity index (χ3n) is 4.86. The summed E-state index contributed by atoms with van der Waals surface area (Å²) in [5.74, 6) is -3.48. The summed E-state index contributed by atoms with van der Waals surface area (Å²) in [6, 6.07) is 20.9. The number of ether oxygens (including phenoxy) is 3. The van der Waals surface area contributed by atoms with Crippen LogP contribution in [-0.4, -0.2) is 30.5 Å². The van der Waals surface area contributed by atoms with Crippen LogP contribution in [0.3, 0.4) is 0 Å². The molecule has 0 saturated carbocycles. The normalized spacial score (nSPS) is 10.3. The van der Waals surface area contributed by atoms with E-state index in [1.807, 2.05) is 25.1 Å². The number of unbranched alkanes of at least 4 members (excludes halogenated alkanes) is 1. The van der Waals surface area contributed by atoms with E-state index < -0.39 is 23.9 Å². The molecule has 0 aliphatic heterocycles. The first kappa shape index (κ1) is 24.4. The zero-order chi connectivity index (χ0) is 24.3. The van der Waals surface area contributed by atoms with Gasteiger partial charge in [-0.2, -0.15) is 0 Å². The van der Waals surface area contributed by atoms with Crippen molar-refractivity contribution in [3.05, 3.63) is 107 Å². The third-order valence-corrected chi connectivity index (χ3v) is 4.86. The van der Waals surface area contributed by atoms with Gasteiger partial charge < -0.3 is 14.2 Å². The fourth-order valence-electron chi connectivity index (χ4n) is 3.06. The Morgan fingerprint density at radius 3 is 1.53 bits per heavy atom. The standard InChI is InChI=1S/C27H24O7/c1-2-3-17-32-24(28)20-13-7-9-15-22(20)26(30)34-27(31)23-16-10-8-14-21(23)25(29)33-18-19-11-5-4-6-12-19/h4-16H,2-3,17-18H2,1H3. The Kier molecular flexibility index (Phi) is 8.68. The molecular weight excluding hydrogens is 436 g/mol. The molecule has 3 rings (SSSR count). The van der Waals surface area contributed by atoms with E-state index in [0.717, 1.165) is 12.0 Å². The van der Waals surface area contributed by atoms with Crippen LogP contribution in [0.25, 0.3) is 0 Å². The average molecular weight is 460 g/mol. The summed E-state index contributed by atoms with van der Waals surface area (Å²) in [7, 11) is 0. The molecule has 0 radical (unpaired) electrons. The van der Waals surface area contributed by atoms with Crippen LogP contribution in [0.5, 0.6) is 0 Å². The number of hydrogen-bond acceptors (Lipinski definition) is 7. The van der Waals surface area contributed by atoms with Crippen molar-refractivity contribution in [3.63, 3.8) is 0 Å². The van der Waals surface area contributed by atoms with Gasteiger partial charge in [-0.3, -0.25) is 0 Å². The highest BCUT2D eigenvalue weighted by atomic mass is 16.6. The molecule has 0 atom stereocenters. The van der Waals surface area contributed by atoms with Crippen LogP contribution >= 0.6 is 0 Å². The second-order valence-corrected chi connectivity index (χ2v) is 7.32. The first-order chi connectivity index (χ1) is 16.5. The Morgan fingerprint density at radius 2 is 1.03 bits per heavy atom. The maximum absolute atomic E-state index is 12.8. The van der Waals surface area contributed by atoms with Crippen LogP contribution in [-0.2, 0) is 20.8 Å². The molecule has 0 bridgehead atoms. The summed E-state index contributed by atoms with van der Waals surface area (Å²) in [6.45, 7) is 2.20. The van der Waals surface area contributed by atoms with Gasteiger partial charge >= 0.3 is 23.9 Å². The first-order valence-electron chi connectivity index (χ1n) is 10.8. The Hall–Kier alpha value is -4.26. The van der Waals surface area contributed by atoms with Crippen LogP contribution < -0.4 is 0 Å². The molecule has 0 amide bonds. The SMILES string of the molecule is CCCCOC(=O)c1ccccc1C(=O)OC(=O)c1ccccc1C(=O)OCc1ccccc1. The van der Waals surface area contributed by atoms with Gasteiger partial charge in [-0.05, 0) is 36.2 Å². The maximum Gasteiger partial charge on any atom is 0.346 e. The Balaban J connectivity index is 1.72. The van der Waals surface area contributed by atoms with Crippen molar-refractivity contribution in [1.29, 1.82) is 0 Å². The summed E-state index contributed by atoms with van der Waals surface area (Å²) >= 11 is 0. The molecule has 34 heavy (non-hydrogen) atoms. The van der Waals surface area contributed by atoms with Crippen molar-refractivity contribution in [2.75, 3.05) is 6.61 Å². The van der Waals surface area contributed by atoms with E-state index in [1.165, 1.54) is 30.3 Å². The monoisotopic (exact) mass is 460 g/mol. The number of benzene rings is 3. The third kappa shape index (κ3) is 6.38. The molecule has 0 heterocycles. The highest BCUT2D eigenvalue weighted by molar-refractivity contribution is 6.10. The molecule has 0 spiro atoms. The molecule has 0 aromatic heterocycles. The number of esters is 4. The molecule has 0 fully saturated rings. The van der Waals surface area contributed by atoms with Crippen molar-refractivity contribution < 1.29 is 33.4 Å². The molecular formula is C27H24O7. The van der Waals surface area contributed by atoms with Gasteiger partial charge in [-0.25, -0.2) is 19.2 Å². The lowest BCUT2D eigenvalue weighted by atomic mass is 10.1. The smallest absolute Gasteiger partial charge is 0.346 e. The number of carbonyl (C=O) groups is 4. The highest BCUT2D eigenvalue weighted by Crippen LogP contribution is 2.17. The quantitative estimate of drug-likeness (QED) is 0.192. The number of hydrogen-bond donors (Lipinski definition) is 0. The molecule has 0 aliphatic rings. The van der Waals surface area contributed by atoms with Gasteiger partial charge in [0.05, 0.1) is 28.9 Å². The molecule has 0 saturated heterocycles. The molecule has 7 heteroatoms. The van der Waals surface area contributed by atoms with Crippen molar-refractivity contribution in [2.45, 2.75) is 26.4 Å². The van der Waals surface area contributed by atoms with Crippen molar-refractivity contribution >= 4 is 23.9 Å². The number of rotatable bonds is 9. The summed E-state index contributed by atoms with van der Waals surface area (Å²) in [5, 5.41) is 0. The summed E-state index contributed by atoms with van der Waals surface area (Å²) in [5.41, 5.74) is 0.502. The summed E-state index contributed by atoms with van der Waals surface area (Å²) in [4.78, 5) is 50.4. The second-order valence-electron chi connectivity index (χ2n) is 7.32. The van der Waals surface area contributed by atoms with Gasteiger partial charge in [0.15, 0.2) is 0 Å². The van der Waals surface area contributed by atoms with Gasteiger partial charge in [0.25, 0.3) is 0 Å². The molecule has 3 aromatic rings. The van der Waals surface area contributed by atoms with Gasteiger partial charge in [-0.1, -0.05) is 67.9 Å². The van der Waals surface area contributed by atoms with E-state index in [9.17, 15) is 19.2 Å². The van der Waals surface area contributed by atoms with Crippen molar-refractivity contribution in [1.82, 2.24) is 0 Å². The maximum atomic E-state index is 12.8. The van der Waals surface area contributed by atoms with Crippen molar-refractivity contribution in [2.24, 2.45) is 0 Å². The topological polar surface area (TPSA) is 96.0 Å². The lowest BCUT2D eigenvalue weighted by molar-refractivity contribution is 0.0369. The Bertz CT molecular complexity index is 1170. The molecule has 0 N–H and O–H groups in total. The second kappa shape index (κ2) is 12.1. The first-order valence-corrected chi connectivity index (χ1v) is 10.8. The van der Waals surface area contributed by atoms with E-state index in [4.69, 9.17) is 14.2 Å². The fraction of sp³-hybridized carbons (Fsp3) is 0.185. The summed E-state index contributed by atoms with van der Waals surface area (Å²) in [6.07, 6.45) is 1.53. The minimum atomic E-state index is -1.04. The minimum absolute atomic E-state index is 0.00745. The molecule has 0 aliphatic carbocycles. The van der Waals surface area contributed by atoms with E-state index in [1.54, 1.807) is 30.3 Å². The largest absolute Gasteiger partial charge is 0.462 e. The lowest BCUT2D eigenvalue weighted by Gasteiger charge is -2.11. The summed E-state index contributed by atoms with van der Waals surface area (Å²) < 4.78 is 15.5. The van der Waals surface area contributed by atoms with Crippen LogP contribution in [0.4, 0.5) is 0 Å². The van der Waals surface area contributed by atoms with Gasteiger partial charge in [-0.15, -0.1) is 0 Å². The Labute approximate surface area is 197 Å². The highest BCUT2D eigenvalue weighted by Gasteiger charge is 2.25. The fourth-order valence-corrected chi connectivity index (χ4v) is 3.06. The van der Waals surface area contributed by atoms with Crippen LogP contribution in [0.1, 0.15) is 66.8 Å². The van der Waals surface area contributed by atoms with Gasteiger partial charge in [0.2, 0.25) is 0 Å².